The molecule has 1 rings (SSSR count). The lowest BCUT2D eigenvalue weighted by Gasteiger charge is -2.35. The van der Waals surface area contributed by atoms with E-state index in [1.807, 2.05) is 0 Å². The van der Waals surface area contributed by atoms with Gasteiger partial charge in [0.05, 0.1) is 0 Å². The Morgan fingerprint density at radius 3 is 2.00 bits per heavy atom. The molecule has 0 heterocycles. The van der Waals surface area contributed by atoms with Crippen molar-refractivity contribution in [3.05, 3.63) is 0 Å². The van der Waals surface area contributed by atoms with Crippen LogP contribution >= 0.6 is 0 Å². The second kappa shape index (κ2) is 8.15. The van der Waals surface area contributed by atoms with Crippen molar-refractivity contribution in [2.75, 3.05) is 6.61 Å². The molecule has 1 saturated carbocycles. The maximum atomic E-state index is 9.06. The fourth-order valence-corrected chi connectivity index (χ4v) is 2.62. The summed E-state index contributed by atoms with van der Waals surface area (Å²) in [6.45, 7) is 2.70. The number of rotatable bonds is 9. The standard InChI is InChI=1S/C14H28O/c1-2-3-4-5-6-7-8-9-13-10-11-14(13)12-15/h13-15H,2-12H2,1H3. The van der Waals surface area contributed by atoms with Gasteiger partial charge in [-0.05, 0) is 24.7 Å². The maximum Gasteiger partial charge on any atom is 0.0461 e. The monoisotopic (exact) mass is 212 g/mol. The molecule has 0 bridgehead atoms. The fraction of sp³-hybridized carbons (Fsp3) is 1.00. The predicted molar refractivity (Wildman–Crippen MR) is 65.9 cm³/mol. The first kappa shape index (κ1) is 13.0. The van der Waals surface area contributed by atoms with Crippen LogP contribution in [0.1, 0.15) is 71.1 Å². The number of hydrogen-bond acceptors (Lipinski definition) is 1. The lowest BCUT2D eigenvalue weighted by molar-refractivity contribution is 0.0831. The first-order valence-electron chi connectivity index (χ1n) is 6.99. The normalized spacial score (nSPS) is 25.2. The van der Waals surface area contributed by atoms with Crippen LogP contribution in [0.2, 0.25) is 0 Å². The third kappa shape index (κ3) is 5.01. The van der Waals surface area contributed by atoms with Gasteiger partial charge < -0.3 is 5.11 Å². The molecule has 1 aliphatic carbocycles. The molecule has 0 aromatic rings. The highest BCUT2D eigenvalue weighted by atomic mass is 16.3. The highest BCUT2D eigenvalue weighted by Crippen LogP contribution is 2.37. The summed E-state index contributed by atoms with van der Waals surface area (Å²) in [4.78, 5) is 0. The van der Waals surface area contributed by atoms with E-state index in [1.165, 1.54) is 64.2 Å². The van der Waals surface area contributed by atoms with E-state index in [-0.39, 0.29) is 0 Å². The molecular weight excluding hydrogens is 184 g/mol. The summed E-state index contributed by atoms with van der Waals surface area (Å²) in [5.74, 6) is 1.52. The zero-order valence-corrected chi connectivity index (χ0v) is 10.4. The largest absolute Gasteiger partial charge is 0.396 e. The number of hydrogen-bond donors (Lipinski definition) is 1. The Labute approximate surface area is 95.3 Å². The van der Waals surface area contributed by atoms with Crippen molar-refractivity contribution in [2.24, 2.45) is 11.8 Å². The van der Waals surface area contributed by atoms with Gasteiger partial charge in [0.15, 0.2) is 0 Å². The fourth-order valence-electron chi connectivity index (χ4n) is 2.62. The summed E-state index contributed by atoms with van der Waals surface area (Å²) in [5.41, 5.74) is 0. The molecule has 0 radical (unpaired) electrons. The predicted octanol–water partition coefficient (Wildman–Crippen LogP) is 4.15. The summed E-state index contributed by atoms with van der Waals surface area (Å²) in [5, 5.41) is 9.06. The molecule has 0 amide bonds. The Kier molecular flexibility index (Phi) is 7.08. The van der Waals surface area contributed by atoms with Crippen molar-refractivity contribution < 1.29 is 5.11 Å². The first-order chi connectivity index (χ1) is 7.38. The Balaban J connectivity index is 1.81. The summed E-state index contributed by atoms with van der Waals surface area (Å²) in [6, 6.07) is 0. The molecule has 0 aromatic heterocycles. The van der Waals surface area contributed by atoms with E-state index in [4.69, 9.17) is 5.11 Å². The van der Waals surface area contributed by atoms with Crippen LogP contribution in [0, 0.1) is 11.8 Å². The van der Waals surface area contributed by atoms with Gasteiger partial charge in [-0.2, -0.15) is 0 Å². The van der Waals surface area contributed by atoms with Gasteiger partial charge in [0.25, 0.3) is 0 Å². The molecule has 1 aliphatic rings. The SMILES string of the molecule is CCCCCCCCCC1CCC1CO. The molecule has 0 aromatic carbocycles. The second-order valence-corrected chi connectivity index (χ2v) is 5.19. The van der Waals surface area contributed by atoms with Crippen LogP contribution < -0.4 is 0 Å². The lowest BCUT2D eigenvalue weighted by atomic mass is 9.71. The lowest BCUT2D eigenvalue weighted by Crippen LogP contribution is -2.28. The van der Waals surface area contributed by atoms with Crippen LogP contribution in [0.5, 0.6) is 0 Å². The smallest absolute Gasteiger partial charge is 0.0461 e. The third-order valence-corrected chi connectivity index (χ3v) is 3.99. The van der Waals surface area contributed by atoms with Crippen molar-refractivity contribution in [3.63, 3.8) is 0 Å². The van der Waals surface area contributed by atoms with Crippen molar-refractivity contribution in [2.45, 2.75) is 71.1 Å². The topological polar surface area (TPSA) is 20.2 Å². The minimum absolute atomic E-state index is 0.432. The van der Waals surface area contributed by atoms with E-state index < -0.39 is 0 Å². The molecular formula is C14H28O. The quantitative estimate of drug-likeness (QED) is 0.569. The molecule has 1 nitrogen and oxygen atoms in total. The van der Waals surface area contributed by atoms with Crippen LogP contribution in [0.25, 0.3) is 0 Å². The molecule has 1 N–H and O–H groups in total. The summed E-state index contributed by atoms with van der Waals surface area (Å²) in [7, 11) is 0. The average Bonchev–Trinajstić information content (AvgIpc) is 2.21. The van der Waals surface area contributed by atoms with Crippen molar-refractivity contribution in [1.29, 1.82) is 0 Å². The number of aliphatic hydroxyl groups excluding tert-OH is 1. The molecule has 2 atom stereocenters. The minimum atomic E-state index is 0.432. The van der Waals surface area contributed by atoms with Crippen LogP contribution in [-0.4, -0.2) is 11.7 Å². The van der Waals surface area contributed by atoms with Gasteiger partial charge >= 0.3 is 0 Å². The van der Waals surface area contributed by atoms with E-state index >= 15 is 0 Å². The van der Waals surface area contributed by atoms with Gasteiger partial charge in [0.1, 0.15) is 0 Å². The highest BCUT2D eigenvalue weighted by Gasteiger charge is 2.28. The molecule has 0 spiro atoms. The Bertz CT molecular complexity index is 142. The average molecular weight is 212 g/mol. The van der Waals surface area contributed by atoms with Gasteiger partial charge in [-0.1, -0.05) is 58.3 Å². The first-order valence-corrected chi connectivity index (χ1v) is 6.99. The van der Waals surface area contributed by atoms with E-state index in [2.05, 4.69) is 6.92 Å². The van der Waals surface area contributed by atoms with Crippen LogP contribution in [0.4, 0.5) is 0 Å². The van der Waals surface area contributed by atoms with Crippen molar-refractivity contribution >= 4 is 0 Å². The summed E-state index contributed by atoms with van der Waals surface area (Å²) < 4.78 is 0. The van der Waals surface area contributed by atoms with Gasteiger partial charge in [0.2, 0.25) is 0 Å². The Morgan fingerprint density at radius 2 is 1.47 bits per heavy atom. The zero-order chi connectivity index (χ0) is 10.9. The molecule has 15 heavy (non-hydrogen) atoms. The number of unbranched alkanes of at least 4 members (excludes halogenated alkanes) is 6. The Hall–Kier alpha value is -0.0400. The zero-order valence-electron chi connectivity index (χ0n) is 10.4. The van der Waals surface area contributed by atoms with Crippen molar-refractivity contribution in [3.8, 4) is 0 Å². The molecule has 0 saturated heterocycles. The molecule has 0 aliphatic heterocycles. The van der Waals surface area contributed by atoms with Crippen LogP contribution in [0.15, 0.2) is 0 Å². The van der Waals surface area contributed by atoms with E-state index in [0.29, 0.717) is 12.5 Å². The summed E-state index contributed by atoms with van der Waals surface area (Å²) >= 11 is 0. The molecule has 1 fully saturated rings. The van der Waals surface area contributed by atoms with Gasteiger partial charge in [-0.3, -0.25) is 0 Å². The van der Waals surface area contributed by atoms with Crippen LogP contribution in [0.3, 0.4) is 0 Å². The van der Waals surface area contributed by atoms with Gasteiger partial charge in [-0.25, -0.2) is 0 Å². The maximum absolute atomic E-state index is 9.06. The van der Waals surface area contributed by atoms with E-state index in [0.717, 1.165) is 5.92 Å². The van der Waals surface area contributed by atoms with E-state index in [9.17, 15) is 0 Å². The summed E-state index contributed by atoms with van der Waals surface area (Å²) in [6.07, 6.45) is 13.9. The van der Waals surface area contributed by atoms with E-state index in [1.54, 1.807) is 0 Å². The highest BCUT2D eigenvalue weighted by molar-refractivity contribution is 4.79. The van der Waals surface area contributed by atoms with Gasteiger partial charge in [0, 0.05) is 6.61 Å². The minimum Gasteiger partial charge on any atom is -0.396 e. The Morgan fingerprint density at radius 1 is 0.867 bits per heavy atom. The number of aliphatic hydroxyl groups is 1. The van der Waals surface area contributed by atoms with Crippen molar-refractivity contribution in [1.82, 2.24) is 0 Å². The third-order valence-electron chi connectivity index (χ3n) is 3.99. The second-order valence-electron chi connectivity index (χ2n) is 5.19. The molecule has 1 heteroatoms. The molecule has 90 valence electrons. The molecule has 2 unspecified atom stereocenters. The van der Waals surface area contributed by atoms with Crippen LogP contribution in [-0.2, 0) is 0 Å². The van der Waals surface area contributed by atoms with Gasteiger partial charge in [-0.15, -0.1) is 0 Å².